The zero-order valence-corrected chi connectivity index (χ0v) is 10.3. The van der Waals surface area contributed by atoms with Crippen molar-refractivity contribution in [1.82, 2.24) is 4.98 Å². The first-order chi connectivity index (χ1) is 6.88. The molecule has 0 amide bonds. The molecule has 0 spiro atoms. The monoisotopic (exact) mass is 300 g/mol. The third kappa shape index (κ3) is 3.57. The summed E-state index contributed by atoms with van der Waals surface area (Å²) in [5.74, 6) is 0. The Kier molecular flexibility index (Phi) is 5.44. The lowest BCUT2D eigenvalue weighted by Crippen LogP contribution is -1.98. The van der Waals surface area contributed by atoms with Gasteiger partial charge in [0.25, 0.3) is 0 Å². The van der Waals surface area contributed by atoms with Gasteiger partial charge in [-0.1, -0.05) is 28.7 Å². The van der Waals surface area contributed by atoms with E-state index in [-0.39, 0.29) is 0 Å². The minimum atomic E-state index is 0.801. The van der Waals surface area contributed by atoms with Crippen LogP contribution < -0.4 is 0 Å². The predicted octanol–water partition coefficient (Wildman–Crippen LogP) is 2.88. The average Bonchev–Trinajstić information content (AvgIpc) is 2.25. The highest BCUT2D eigenvalue weighted by molar-refractivity contribution is 14.1. The highest BCUT2D eigenvalue weighted by Gasteiger charge is 1.97. The number of rotatable bonds is 4. The lowest BCUT2D eigenvalue weighted by molar-refractivity contribution is 1.13. The first kappa shape index (κ1) is 11.4. The zero-order chi connectivity index (χ0) is 10.2. The summed E-state index contributed by atoms with van der Waals surface area (Å²) in [6.07, 6.45) is 7.76. The minimum absolute atomic E-state index is 0.801. The van der Waals surface area contributed by atoms with Crippen LogP contribution in [0.5, 0.6) is 0 Å². The quantitative estimate of drug-likeness (QED) is 0.477. The fourth-order valence-electron chi connectivity index (χ4n) is 1.08. The van der Waals surface area contributed by atoms with Gasteiger partial charge >= 0.3 is 0 Å². The Morgan fingerprint density at radius 3 is 3.07 bits per heavy atom. The molecule has 0 unspecified atom stereocenters. The fraction of sp³-hybridized carbons (Fsp3) is 0.273. The van der Waals surface area contributed by atoms with E-state index in [1.807, 2.05) is 31.3 Å². The van der Waals surface area contributed by atoms with Crippen LogP contribution in [0.15, 0.2) is 41.7 Å². The fourth-order valence-corrected chi connectivity index (χ4v) is 1.34. The van der Waals surface area contributed by atoms with Gasteiger partial charge in [-0.15, -0.1) is 0 Å². The SMILES string of the molecule is CCN=C(/C=C\CI)c1cccnc1. The summed E-state index contributed by atoms with van der Waals surface area (Å²) < 4.78 is 1.00. The highest BCUT2D eigenvalue weighted by Crippen LogP contribution is 2.01. The molecule has 0 radical (unpaired) electrons. The number of alkyl halides is 1. The van der Waals surface area contributed by atoms with Gasteiger partial charge in [0.2, 0.25) is 0 Å². The molecule has 0 fully saturated rings. The lowest BCUT2D eigenvalue weighted by atomic mass is 10.1. The minimum Gasteiger partial charge on any atom is -0.285 e. The van der Waals surface area contributed by atoms with E-state index in [4.69, 9.17) is 0 Å². The normalized spacial score (nSPS) is 12.3. The molecule has 1 rings (SSSR count). The number of halogens is 1. The van der Waals surface area contributed by atoms with Crippen LogP contribution in [-0.4, -0.2) is 21.7 Å². The van der Waals surface area contributed by atoms with Gasteiger partial charge in [0, 0.05) is 28.9 Å². The molecule has 0 N–H and O–H groups in total. The van der Waals surface area contributed by atoms with Crippen molar-refractivity contribution < 1.29 is 0 Å². The summed E-state index contributed by atoms with van der Waals surface area (Å²) in [7, 11) is 0. The van der Waals surface area contributed by atoms with Gasteiger partial charge in [-0.2, -0.15) is 0 Å². The summed E-state index contributed by atoms with van der Waals surface area (Å²) in [6, 6.07) is 3.96. The molecule has 1 aromatic rings. The molecule has 0 aliphatic rings. The first-order valence-corrected chi connectivity index (χ1v) is 6.08. The molecule has 1 aromatic heterocycles. The molecular formula is C11H13IN2. The molecule has 74 valence electrons. The van der Waals surface area contributed by atoms with Crippen LogP contribution >= 0.6 is 22.6 Å². The third-order valence-corrected chi connectivity index (χ3v) is 2.16. The third-order valence-electron chi connectivity index (χ3n) is 1.65. The Bertz CT molecular complexity index is 317. The van der Waals surface area contributed by atoms with Crippen LogP contribution in [-0.2, 0) is 0 Å². The van der Waals surface area contributed by atoms with Crippen LogP contribution in [0.3, 0.4) is 0 Å². The van der Waals surface area contributed by atoms with E-state index in [2.05, 4.69) is 38.6 Å². The van der Waals surface area contributed by atoms with E-state index in [1.165, 1.54) is 0 Å². The predicted molar refractivity (Wildman–Crippen MR) is 69.3 cm³/mol. The van der Waals surface area contributed by atoms with Crippen molar-refractivity contribution in [3.63, 3.8) is 0 Å². The zero-order valence-electron chi connectivity index (χ0n) is 8.15. The number of allylic oxidation sites excluding steroid dienone is 2. The Hall–Kier alpha value is -0.710. The summed E-state index contributed by atoms with van der Waals surface area (Å²) in [5.41, 5.74) is 2.09. The summed E-state index contributed by atoms with van der Waals surface area (Å²) in [5, 5.41) is 0. The molecule has 2 nitrogen and oxygen atoms in total. The number of aromatic nitrogens is 1. The standard InChI is InChI=1S/C11H13IN2/c1-2-14-11(6-3-7-12)10-5-4-8-13-9-10/h3-6,8-9H,2,7H2,1H3/b6-3-,14-11?. The van der Waals surface area contributed by atoms with Crippen molar-refractivity contribution in [1.29, 1.82) is 0 Å². The van der Waals surface area contributed by atoms with Gasteiger partial charge in [-0.05, 0) is 25.1 Å². The van der Waals surface area contributed by atoms with Gasteiger partial charge in [0.05, 0.1) is 5.71 Å². The Morgan fingerprint density at radius 1 is 1.64 bits per heavy atom. The maximum Gasteiger partial charge on any atom is 0.0659 e. The van der Waals surface area contributed by atoms with E-state index in [0.717, 1.165) is 22.2 Å². The molecule has 0 atom stereocenters. The van der Waals surface area contributed by atoms with E-state index in [1.54, 1.807) is 6.20 Å². The Morgan fingerprint density at radius 2 is 2.50 bits per heavy atom. The van der Waals surface area contributed by atoms with E-state index in [0.29, 0.717) is 0 Å². The molecule has 0 saturated heterocycles. The van der Waals surface area contributed by atoms with Crippen LogP contribution in [0.4, 0.5) is 0 Å². The molecule has 0 bridgehead atoms. The number of hydrogen-bond donors (Lipinski definition) is 0. The second kappa shape index (κ2) is 6.70. The lowest BCUT2D eigenvalue weighted by Gasteiger charge is -1.99. The van der Waals surface area contributed by atoms with Crippen molar-refractivity contribution in [3.8, 4) is 0 Å². The van der Waals surface area contributed by atoms with Crippen LogP contribution in [0.25, 0.3) is 0 Å². The summed E-state index contributed by atoms with van der Waals surface area (Å²) in [6.45, 7) is 2.84. The van der Waals surface area contributed by atoms with Gasteiger partial charge in [-0.3, -0.25) is 9.98 Å². The summed E-state index contributed by atoms with van der Waals surface area (Å²) in [4.78, 5) is 8.50. The Balaban J connectivity index is 2.90. The largest absolute Gasteiger partial charge is 0.285 e. The van der Waals surface area contributed by atoms with Gasteiger partial charge in [0.1, 0.15) is 0 Å². The summed E-state index contributed by atoms with van der Waals surface area (Å²) >= 11 is 2.31. The van der Waals surface area contributed by atoms with Gasteiger partial charge in [-0.25, -0.2) is 0 Å². The van der Waals surface area contributed by atoms with Gasteiger partial charge < -0.3 is 0 Å². The van der Waals surface area contributed by atoms with E-state index in [9.17, 15) is 0 Å². The Labute approximate surface area is 98.3 Å². The van der Waals surface area contributed by atoms with Crippen LogP contribution in [0.1, 0.15) is 12.5 Å². The van der Waals surface area contributed by atoms with Crippen molar-refractivity contribution >= 4 is 28.3 Å². The first-order valence-electron chi connectivity index (χ1n) is 4.55. The van der Waals surface area contributed by atoms with E-state index < -0.39 is 0 Å². The average molecular weight is 300 g/mol. The van der Waals surface area contributed by atoms with Crippen molar-refractivity contribution in [2.24, 2.45) is 4.99 Å². The highest BCUT2D eigenvalue weighted by atomic mass is 127. The molecule has 0 saturated carbocycles. The second-order valence-electron chi connectivity index (χ2n) is 2.66. The second-order valence-corrected chi connectivity index (χ2v) is 3.54. The van der Waals surface area contributed by atoms with Crippen LogP contribution in [0.2, 0.25) is 0 Å². The van der Waals surface area contributed by atoms with Crippen molar-refractivity contribution in [3.05, 3.63) is 42.2 Å². The maximum absolute atomic E-state index is 4.42. The number of pyridine rings is 1. The topological polar surface area (TPSA) is 25.2 Å². The van der Waals surface area contributed by atoms with Gasteiger partial charge in [0.15, 0.2) is 0 Å². The van der Waals surface area contributed by atoms with Crippen molar-refractivity contribution in [2.45, 2.75) is 6.92 Å². The maximum atomic E-state index is 4.42. The molecule has 0 aliphatic carbocycles. The molecule has 3 heteroatoms. The van der Waals surface area contributed by atoms with Crippen molar-refractivity contribution in [2.75, 3.05) is 11.0 Å². The molecule has 1 heterocycles. The molecule has 0 aliphatic heterocycles. The molecule has 0 aromatic carbocycles. The molecule has 14 heavy (non-hydrogen) atoms. The van der Waals surface area contributed by atoms with E-state index >= 15 is 0 Å². The number of hydrogen-bond acceptors (Lipinski definition) is 2. The van der Waals surface area contributed by atoms with Crippen LogP contribution in [0, 0.1) is 0 Å². The molecular weight excluding hydrogens is 287 g/mol. The smallest absolute Gasteiger partial charge is 0.0659 e. The number of nitrogens with zero attached hydrogens (tertiary/aromatic N) is 2. The number of aliphatic imine (C=N–C) groups is 1.